The fourth-order valence-electron chi connectivity index (χ4n) is 2.44. The van der Waals surface area contributed by atoms with Crippen molar-refractivity contribution in [3.05, 3.63) is 42.0 Å². The zero-order valence-corrected chi connectivity index (χ0v) is 16.7. The van der Waals surface area contributed by atoms with E-state index in [4.69, 9.17) is 0 Å². The Balaban J connectivity index is 0.00000392. The Labute approximate surface area is 175 Å². The standard InChI is InChI=1S/C15H10F8O3S.Na/c16-11(14(20,21)15(22,23)12(17)13(18)19)9-6-5-7-3-1-2-4-8(7)10(9)27(24,25)26;/h1-6,11-13H,(H,24,25,26);/q;+1/p-1. The van der Waals surface area contributed by atoms with E-state index >= 15 is 0 Å². The van der Waals surface area contributed by atoms with E-state index in [0.717, 1.165) is 18.2 Å². The van der Waals surface area contributed by atoms with Crippen LogP contribution >= 0.6 is 0 Å². The minimum absolute atomic E-state index is 0. The topological polar surface area (TPSA) is 57.2 Å². The first kappa shape index (κ1) is 25.1. The van der Waals surface area contributed by atoms with Crippen molar-refractivity contribution in [2.45, 2.75) is 35.5 Å². The van der Waals surface area contributed by atoms with Gasteiger partial charge in [-0.1, -0.05) is 36.4 Å². The molecule has 0 aromatic heterocycles. The molecule has 2 unspecified atom stereocenters. The molecular formula is C15H9F8NaO3S. The molecule has 2 aromatic carbocycles. The van der Waals surface area contributed by atoms with Crippen LogP contribution in [0.4, 0.5) is 35.1 Å². The van der Waals surface area contributed by atoms with Gasteiger partial charge in [-0.15, -0.1) is 0 Å². The number of fused-ring (bicyclic) bond motifs is 1. The van der Waals surface area contributed by atoms with Crippen molar-refractivity contribution >= 4 is 20.9 Å². The van der Waals surface area contributed by atoms with Gasteiger partial charge in [0, 0.05) is 5.56 Å². The van der Waals surface area contributed by atoms with Gasteiger partial charge >= 0.3 is 41.4 Å². The first-order valence-electron chi connectivity index (χ1n) is 7.02. The van der Waals surface area contributed by atoms with Gasteiger partial charge in [0.05, 0.1) is 4.90 Å². The average molecular weight is 444 g/mol. The maximum Gasteiger partial charge on any atom is 1.00 e. The molecule has 3 nitrogen and oxygen atoms in total. The summed E-state index contributed by atoms with van der Waals surface area (Å²) in [4.78, 5) is -1.56. The third kappa shape index (κ3) is 4.30. The number of benzene rings is 2. The molecule has 0 saturated carbocycles. The summed E-state index contributed by atoms with van der Waals surface area (Å²) < 4.78 is 140. The second-order valence-corrected chi connectivity index (χ2v) is 6.82. The number of hydrogen-bond donors (Lipinski definition) is 0. The van der Waals surface area contributed by atoms with Crippen LogP contribution in [0.15, 0.2) is 41.3 Å². The summed E-state index contributed by atoms with van der Waals surface area (Å²) in [6, 6.07) is 5.87. The molecule has 0 spiro atoms. The molecule has 0 bridgehead atoms. The monoisotopic (exact) mass is 444 g/mol. The van der Waals surface area contributed by atoms with E-state index in [-0.39, 0.29) is 34.9 Å². The third-order valence-corrected chi connectivity index (χ3v) is 4.72. The minimum atomic E-state index is -6.18. The zero-order valence-electron chi connectivity index (χ0n) is 13.9. The van der Waals surface area contributed by atoms with E-state index < -0.39 is 56.6 Å². The maximum atomic E-state index is 14.3. The number of alkyl halides is 8. The van der Waals surface area contributed by atoms with Gasteiger partial charge < -0.3 is 4.55 Å². The van der Waals surface area contributed by atoms with E-state index in [0.29, 0.717) is 6.07 Å². The van der Waals surface area contributed by atoms with Crippen molar-refractivity contribution in [3.63, 3.8) is 0 Å². The summed E-state index contributed by atoms with van der Waals surface area (Å²) in [5, 5.41) is -0.564. The second-order valence-electron chi connectivity index (χ2n) is 5.50. The molecule has 0 saturated heterocycles. The molecule has 2 rings (SSSR count). The summed E-state index contributed by atoms with van der Waals surface area (Å²) in [5.74, 6) is -12.3. The first-order chi connectivity index (χ1) is 12.2. The molecule has 13 heteroatoms. The van der Waals surface area contributed by atoms with Crippen LogP contribution in [0.1, 0.15) is 11.7 Å². The second kappa shape index (κ2) is 8.42. The Bertz CT molecular complexity index is 951. The molecule has 0 aliphatic carbocycles. The average Bonchev–Trinajstić information content (AvgIpc) is 2.57. The summed E-state index contributed by atoms with van der Waals surface area (Å²) >= 11 is 0. The fraction of sp³-hybridized carbons (Fsp3) is 0.333. The fourth-order valence-corrected chi connectivity index (χ4v) is 3.36. The van der Waals surface area contributed by atoms with Gasteiger partial charge in [0.15, 0.2) is 6.17 Å². The quantitative estimate of drug-likeness (QED) is 0.387. The van der Waals surface area contributed by atoms with Gasteiger partial charge in [-0.25, -0.2) is 26.0 Å². The van der Waals surface area contributed by atoms with Crippen LogP contribution in [0, 0.1) is 0 Å². The largest absolute Gasteiger partial charge is 1.00 e. The van der Waals surface area contributed by atoms with Crippen molar-refractivity contribution in [1.29, 1.82) is 0 Å². The van der Waals surface area contributed by atoms with Crippen LogP contribution in [0.25, 0.3) is 10.8 Å². The van der Waals surface area contributed by atoms with Crippen molar-refractivity contribution in [1.82, 2.24) is 0 Å². The zero-order chi connectivity index (χ0) is 20.8. The SMILES string of the molecule is O=S(=O)([O-])c1c(C(F)C(F)(F)C(F)(F)C(F)C(F)F)ccc2ccccc12.[Na+]. The van der Waals surface area contributed by atoms with Gasteiger partial charge in [-0.2, -0.15) is 17.6 Å². The molecule has 28 heavy (non-hydrogen) atoms. The van der Waals surface area contributed by atoms with Crippen LogP contribution < -0.4 is 29.6 Å². The Morgan fingerprint density at radius 2 is 1.39 bits per heavy atom. The molecule has 0 N–H and O–H groups in total. The molecule has 0 amide bonds. The van der Waals surface area contributed by atoms with Crippen LogP contribution in [-0.2, 0) is 10.1 Å². The molecule has 0 radical (unpaired) electrons. The molecule has 0 heterocycles. The van der Waals surface area contributed by atoms with E-state index in [1.54, 1.807) is 0 Å². The van der Waals surface area contributed by atoms with Crippen LogP contribution in [0.3, 0.4) is 0 Å². The Kier molecular flexibility index (Phi) is 7.55. The van der Waals surface area contributed by atoms with Gasteiger partial charge in [-0.05, 0) is 10.8 Å². The first-order valence-corrected chi connectivity index (χ1v) is 8.43. The minimum Gasteiger partial charge on any atom is -0.744 e. The van der Waals surface area contributed by atoms with E-state index in [1.165, 1.54) is 12.1 Å². The molecule has 0 fully saturated rings. The van der Waals surface area contributed by atoms with Crippen LogP contribution in [-0.4, -0.2) is 37.4 Å². The molecule has 0 aliphatic heterocycles. The molecule has 2 atom stereocenters. The summed E-state index contributed by atoms with van der Waals surface area (Å²) in [7, 11) is -5.66. The summed E-state index contributed by atoms with van der Waals surface area (Å²) in [5.41, 5.74) is -1.69. The summed E-state index contributed by atoms with van der Waals surface area (Å²) in [6.07, 6.45) is -13.5. The van der Waals surface area contributed by atoms with Crippen molar-refractivity contribution in [2.24, 2.45) is 0 Å². The van der Waals surface area contributed by atoms with E-state index in [9.17, 15) is 48.1 Å². The van der Waals surface area contributed by atoms with Crippen LogP contribution in [0.2, 0.25) is 0 Å². The number of hydrogen-bond acceptors (Lipinski definition) is 3. The smallest absolute Gasteiger partial charge is 0.744 e. The van der Waals surface area contributed by atoms with Crippen molar-refractivity contribution < 1.29 is 77.7 Å². The molecular weight excluding hydrogens is 435 g/mol. The Morgan fingerprint density at radius 3 is 1.89 bits per heavy atom. The van der Waals surface area contributed by atoms with Crippen molar-refractivity contribution in [3.8, 4) is 0 Å². The molecule has 0 aliphatic rings. The molecule has 2 aromatic rings. The van der Waals surface area contributed by atoms with E-state index in [1.807, 2.05) is 0 Å². The van der Waals surface area contributed by atoms with Gasteiger partial charge in [-0.3, -0.25) is 0 Å². The predicted octanol–water partition coefficient (Wildman–Crippen LogP) is 1.63. The maximum absolute atomic E-state index is 14.3. The third-order valence-electron chi connectivity index (χ3n) is 3.76. The predicted molar refractivity (Wildman–Crippen MR) is 76.6 cm³/mol. The Hall–Kier alpha value is -0.950. The van der Waals surface area contributed by atoms with Crippen molar-refractivity contribution in [2.75, 3.05) is 0 Å². The molecule has 150 valence electrons. The van der Waals surface area contributed by atoms with Gasteiger partial charge in [0.25, 0.3) is 6.43 Å². The van der Waals surface area contributed by atoms with E-state index in [2.05, 4.69) is 0 Å². The van der Waals surface area contributed by atoms with Gasteiger partial charge in [0.2, 0.25) is 6.17 Å². The van der Waals surface area contributed by atoms with Gasteiger partial charge in [0.1, 0.15) is 10.1 Å². The number of rotatable bonds is 6. The normalized spacial score (nSPS) is 15.4. The number of halogens is 8. The Morgan fingerprint density at radius 1 is 0.857 bits per heavy atom. The van der Waals surface area contributed by atoms with Crippen LogP contribution in [0.5, 0.6) is 0 Å². The summed E-state index contributed by atoms with van der Waals surface area (Å²) in [6.45, 7) is 0.